The van der Waals surface area contributed by atoms with Crippen LogP contribution in [0.4, 0.5) is 0 Å². The lowest BCUT2D eigenvalue weighted by atomic mass is 10.2. The van der Waals surface area contributed by atoms with Crippen LogP contribution < -0.4 is 10.1 Å². The minimum absolute atomic E-state index is 0.0000719. The summed E-state index contributed by atoms with van der Waals surface area (Å²) in [5.41, 5.74) is 2.93. The molecule has 1 amide bonds. The van der Waals surface area contributed by atoms with Gasteiger partial charge in [-0.05, 0) is 38.0 Å². The Kier molecular flexibility index (Phi) is 6.02. The maximum absolute atomic E-state index is 11.7. The van der Waals surface area contributed by atoms with E-state index in [4.69, 9.17) is 16.3 Å². The maximum Gasteiger partial charge on any atom is 0.257 e. The number of hydrogen-bond acceptors (Lipinski definition) is 4. The lowest BCUT2D eigenvalue weighted by Gasteiger charge is -2.07. The second kappa shape index (κ2) is 8.00. The van der Waals surface area contributed by atoms with Crippen LogP contribution >= 0.6 is 22.9 Å². The number of amides is 1. The minimum atomic E-state index is -0.129. The Balaban J connectivity index is 1.63. The van der Waals surface area contributed by atoms with Crippen molar-refractivity contribution >= 4 is 28.8 Å². The van der Waals surface area contributed by atoms with Crippen molar-refractivity contribution in [3.63, 3.8) is 0 Å². The molecule has 0 atom stereocenters. The molecule has 4 nitrogen and oxygen atoms in total. The highest BCUT2D eigenvalue weighted by Crippen LogP contribution is 2.17. The molecular formula is C15H17ClN2O2S. The number of nitrogens with zero attached hydrogens (tertiary/aromatic N) is 1. The SMILES string of the molecule is Cc1ncsc1CCCNC(=O)COc1cccc(Cl)c1. The largest absolute Gasteiger partial charge is 0.484 e. The third-order valence-corrected chi connectivity index (χ3v) is 4.14. The minimum Gasteiger partial charge on any atom is -0.484 e. The first-order chi connectivity index (χ1) is 10.1. The number of aromatic nitrogens is 1. The second-order valence-corrected chi connectivity index (χ2v) is 5.94. The number of carbonyl (C=O) groups is 1. The number of ether oxygens (including phenoxy) is 1. The number of thiazole rings is 1. The van der Waals surface area contributed by atoms with Crippen LogP contribution in [0.2, 0.25) is 5.02 Å². The van der Waals surface area contributed by atoms with Gasteiger partial charge >= 0.3 is 0 Å². The zero-order valence-corrected chi connectivity index (χ0v) is 13.3. The molecular weight excluding hydrogens is 308 g/mol. The van der Waals surface area contributed by atoms with Crippen molar-refractivity contribution in [2.24, 2.45) is 0 Å². The molecule has 6 heteroatoms. The molecule has 2 rings (SSSR count). The second-order valence-electron chi connectivity index (χ2n) is 4.56. The zero-order valence-electron chi connectivity index (χ0n) is 11.8. The number of rotatable bonds is 7. The van der Waals surface area contributed by atoms with Gasteiger partial charge in [0, 0.05) is 16.4 Å². The van der Waals surface area contributed by atoms with E-state index in [-0.39, 0.29) is 12.5 Å². The van der Waals surface area contributed by atoms with Gasteiger partial charge in [-0.1, -0.05) is 17.7 Å². The van der Waals surface area contributed by atoms with Gasteiger partial charge in [0.05, 0.1) is 11.2 Å². The Morgan fingerprint density at radius 2 is 2.33 bits per heavy atom. The highest BCUT2D eigenvalue weighted by atomic mass is 35.5. The Bertz CT molecular complexity index is 601. The molecule has 0 bridgehead atoms. The van der Waals surface area contributed by atoms with Crippen molar-refractivity contribution in [2.45, 2.75) is 19.8 Å². The third-order valence-electron chi connectivity index (χ3n) is 2.91. The van der Waals surface area contributed by atoms with Crippen LogP contribution in [0.5, 0.6) is 5.75 Å². The van der Waals surface area contributed by atoms with Gasteiger partial charge in [-0.2, -0.15) is 0 Å². The van der Waals surface area contributed by atoms with E-state index in [0.717, 1.165) is 18.5 Å². The topological polar surface area (TPSA) is 51.2 Å². The summed E-state index contributed by atoms with van der Waals surface area (Å²) < 4.78 is 5.37. The van der Waals surface area contributed by atoms with Gasteiger partial charge in [0.1, 0.15) is 5.75 Å². The molecule has 0 saturated heterocycles. The first-order valence-corrected chi connectivity index (χ1v) is 7.95. The Morgan fingerprint density at radius 1 is 1.48 bits per heavy atom. The van der Waals surface area contributed by atoms with Gasteiger partial charge < -0.3 is 10.1 Å². The van der Waals surface area contributed by atoms with Crippen LogP contribution in [-0.4, -0.2) is 24.0 Å². The molecule has 0 aliphatic heterocycles. The summed E-state index contributed by atoms with van der Waals surface area (Å²) in [6.07, 6.45) is 1.83. The van der Waals surface area contributed by atoms with Crippen molar-refractivity contribution in [3.8, 4) is 5.75 Å². The van der Waals surface area contributed by atoms with Crippen molar-refractivity contribution in [1.82, 2.24) is 10.3 Å². The monoisotopic (exact) mass is 324 g/mol. The summed E-state index contributed by atoms with van der Waals surface area (Å²) in [4.78, 5) is 17.1. The summed E-state index contributed by atoms with van der Waals surface area (Å²) in [6, 6.07) is 7.00. The molecule has 21 heavy (non-hydrogen) atoms. The number of nitrogens with one attached hydrogen (secondary N) is 1. The van der Waals surface area contributed by atoms with E-state index in [9.17, 15) is 4.79 Å². The molecule has 0 fully saturated rings. The first kappa shape index (κ1) is 15.8. The average Bonchev–Trinajstić information content (AvgIpc) is 2.87. The lowest BCUT2D eigenvalue weighted by molar-refractivity contribution is -0.123. The molecule has 1 heterocycles. The van der Waals surface area contributed by atoms with Gasteiger partial charge in [-0.15, -0.1) is 11.3 Å². The normalized spacial score (nSPS) is 10.4. The lowest BCUT2D eigenvalue weighted by Crippen LogP contribution is -2.29. The summed E-state index contributed by atoms with van der Waals surface area (Å²) >= 11 is 7.50. The molecule has 2 aromatic rings. The number of halogens is 1. The van der Waals surface area contributed by atoms with Crippen molar-refractivity contribution in [3.05, 3.63) is 45.4 Å². The molecule has 1 aromatic carbocycles. The smallest absolute Gasteiger partial charge is 0.257 e. The van der Waals surface area contributed by atoms with E-state index >= 15 is 0 Å². The van der Waals surface area contributed by atoms with Gasteiger partial charge in [0.15, 0.2) is 6.61 Å². The summed E-state index contributed by atoms with van der Waals surface area (Å²) in [5.74, 6) is 0.467. The molecule has 0 spiro atoms. The van der Waals surface area contributed by atoms with E-state index in [1.54, 1.807) is 35.6 Å². The van der Waals surface area contributed by atoms with Crippen molar-refractivity contribution in [1.29, 1.82) is 0 Å². The van der Waals surface area contributed by atoms with E-state index in [0.29, 0.717) is 17.3 Å². The van der Waals surface area contributed by atoms with E-state index < -0.39 is 0 Å². The number of aryl methyl sites for hydroxylation is 2. The fraction of sp³-hybridized carbons (Fsp3) is 0.333. The quantitative estimate of drug-likeness (QED) is 0.795. The van der Waals surface area contributed by atoms with Crippen LogP contribution in [0.1, 0.15) is 17.0 Å². The van der Waals surface area contributed by atoms with Gasteiger partial charge in [-0.3, -0.25) is 4.79 Å². The Hall–Kier alpha value is -1.59. The highest BCUT2D eigenvalue weighted by molar-refractivity contribution is 7.09. The van der Waals surface area contributed by atoms with Crippen molar-refractivity contribution in [2.75, 3.05) is 13.2 Å². The van der Waals surface area contributed by atoms with Gasteiger partial charge in [0.25, 0.3) is 5.91 Å². The number of benzene rings is 1. The number of carbonyl (C=O) groups excluding carboxylic acids is 1. The van der Waals surface area contributed by atoms with E-state index in [2.05, 4.69) is 10.3 Å². The molecule has 0 saturated carbocycles. The summed E-state index contributed by atoms with van der Waals surface area (Å²) in [7, 11) is 0. The predicted octanol–water partition coefficient (Wildman–Crippen LogP) is 3.23. The molecule has 0 unspecified atom stereocenters. The van der Waals surface area contributed by atoms with Crippen LogP contribution in [0.3, 0.4) is 0 Å². The summed E-state index contributed by atoms with van der Waals surface area (Å²) in [6.45, 7) is 2.64. The molecule has 0 radical (unpaired) electrons. The maximum atomic E-state index is 11.7. The van der Waals surface area contributed by atoms with Crippen molar-refractivity contribution < 1.29 is 9.53 Å². The van der Waals surface area contributed by atoms with Crippen LogP contribution in [-0.2, 0) is 11.2 Å². The highest BCUT2D eigenvalue weighted by Gasteiger charge is 2.04. The predicted molar refractivity (Wildman–Crippen MR) is 85.1 cm³/mol. The Labute approximate surface area is 133 Å². The Morgan fingerprint density at radius 3 is 3.05 bits per heavy atom. The number of hydrogen-bond donors (Lipinski definition) is 1. The third kappa shape index (κ3) is 5.36. The van der Waals surface area contributed by atoms with Crippen LogP contribution in [0, 0.1) is 6.92 Å². The molecule has 1 aromatic heterocycles. The molecule has 0 aliphatic rings. The summed E-state index contributed by atoms with van der Waals surface area (Å²) in [5, 5.41) is 3.43. The molecule has 0 aliphatic carbocycles. The fourth-order valence-corrected chi connectivity index (χ4v) is 2.80. The van der Waals surface area contributed by atoms with Gasteiger partial charge in [0.2, 0.25) is 0 Å². The fourth-order valence-electron chi connectivity index (χ4n) is 1.80. The van der Waals surface area contributed by atoms with Crippen LogP contribution in [0.15, 0.2) is 29.8 Å². The zero-order chi connectivity index (χ0) is 15.1. The van der Waals surface area contributed by atoms with Gasteiger partial charge in [-0.25, -0.2) is 4.98 Å². The standard InChI is InChI=1S/C15H17ClN2O2S/c1-11-14(21-10-18-11)6-3-7-17-15(19)9-20-13-5-2-4-12(16)8-13/h2,4-5,8,10H,3,6-7,9H2,1H3,(H,17,19). The average molecular weight is 325 g/mol. The van der Waals surface area contributed by atoms with E-state index in [1.165, 1.54) is 4.88 Å². The van der Waals surface area contributed by atoms with E-state index in [1.807, 2.05) is 12.4 Å². The first-order valence-electron chi connectivity index (χ1n) is 6.69. The molecule has 112 valence electrons. The van der Waals surface area contributed by atoms with Crippen LogP contribution in [0.25, 0.3) is 0 Å². The molecule has 1 N–H and O–H groups in total.